The minimum absolute atomic E-state index is 0.0780. The van der Waals surface area contributed by atoms with E-state index in [1.165, 1.54) is 25.3 Å². The van der Waals surface area contributed by atoms with E-state index < -0.39 is 12.1 Å². The van der Waals surface area contributed by atoms with Crippen molar-refractivity contribution < 1.29 is 29.3 Å². The lowest BCUT2D eigenvalue weighted by Gasteiger charge is -2.11. The standard InChI is InChI=1S/C19H22O7/c1-25-13-9-15(21)19-16(22)10-14(26-17(19)11-13)8-12(20)6-4-2-3-5-7-18(23)24/h5,7,9-12,20-21H,2-4,6,8H2,1H3,(H,23,24)/b7-5+/t12-/m1/s1. The largest absolute Gasteiger partial charge is 0.507 e. The van der Waals surface area contributed by atoms with E-state index in [0.717, 1.165) is 18.9 Å². The normalized spacial score (nSPS) is 12.5. The molecule has 2 rings (SSSR count). The Morgan fingerprint density at radius 1 is 1.31 bits per heavy atom. The van der Waals surface area contributed by atoms with E-state index in [2.05, 4.69) is 0 Å². The van der Waals surface area contributed by atoms with Crippen LogP contribution < -0.4 is 10.2 Å². The third-order valence-corrected chi connectivity index (χ3v) is 3.93. The quantitative estimate of drug-likeness (QED) is 0.463. The summed E-state index contributed by atoms with van der Waals surface area (Å²) in [6.07, 6.45) is 4.79. The number of phenols is 1. The van der Waals surface area contributed by atoms with Gasteiger partial charge in [0, 0.05) is 30.7 Å². The molecular formula is C19H22O7. The highest BCUT2D eigenvalue weighted by atomic mass is 16.5. The smallest absolute Gasteiger partial charge is 0.327 e. The molecule has 0 spiro atoms. The number of hydrogen-bond donors (Lipinski definition) is 3. The van der Waals surface area contributed by atoms with Gasteiger partial charge in [-0.3, -0.25) is 4.79 Å². The third kappa shape index (κ3) is 5.35. The molecule has 0 bridgehead atoms. The van der Waals surface area contributed by atoms with E-state index in [0.29, 0.717) is 24.4 Å². The van der Waals surface area contributed by atoms with Crippen LogP contribution in [-0.4, -0.2) is 34.5 Å². The molecule has 140 valence electrons. The van der Waals surface area contributed by atoms with Crippen LogP contribution in [-0.2, 0) is 11.2 Å². The molecule has 0 unspecified atom stereocenters. The predicted molar refractivity (Wildman–Crippen MR) is 95.7 cm³/mol. The van der Waals surface area contributed by atoms with Crippen molar-refractivity contribution in [1.82, 2.24) is 0 Å². The van der Waals surface area contributed by atoms with Gasteiger partial charge in [0.05, 0.1) is 13.2 Å². The second kappa shape index (κ2) is 9.05. The summed E-state index contributed by atoms with van der Waals surface area (Å²) in [5, 5.41) is 28.6. The van der Waals surface area contributed by atoms with Gasteiger partial charge in [-0.1, -0.05) is 12.5 Å². The number of allylic oxidation sites excluding steroid dienone is 1. The van der Waals surface area contributed by atoms with Crippen molar-refractivity contribution >= 4 is 16.9 Å². The van der Waals surface area contributed by atoms with Gasteiger partial charge in [-0.25, -0.2) is 4.79 Å². The fourth-order valence-electron chi connectivity index (χ4n) is 2.67. The Balaban J connectivity index is 1.99. The van der Waals surface area contributed by atoms with Crippen LogP contribution in [0.25, 0.3) is 11.0 Å². The molecule has 0 saturated heterocycles. The zero-order valence-corrected chi connectivity index (χ0v) is 14.5. The van der Waals surface area contributed by atoms with Crippen molar-refractivity contribution in [3.8, 4) is 11.5 Å². The Hall–Kier alpha value is -2.80. The third-order valence-electron chi connectivity index (χ3n) is 3.93. The zero-order valence-electron chi connectivity index (χ0n) is 14.5. The van der Waals surface area contributed by atoms with E-state index in [9.17, 15) is 19.8 Å². The van der Waals surface area contributed by atoms with Gasteiger partial charge in [0.1, 0.15) is 28.2 Å². The monoisotopic (exact) mass is 362 g/mol. The minimum atomic E-state index is -0.973. The molecule has 0 radical (unpaired) electrons. The SMILES string of the molecule is COc1cc(O)c2c(=O)cc(C[C@H](O)CCCC/C=C/C(=O)O)oc2c1. The molecule has 0 fully saturated rings. The number of benzene rings is 1. The summed E-state index contributed by atoms with van der Waals surface area (Å²) < 4.78 is 10.7. The molecule has 0 saturated carbocycles. The second-order valence-corrected chi connectivity index (χ2v) is 5.98. The Bertz CT molecular complexity index is 851. The average molecular weight is 362 g/mol. The van der Waals surface area contributed by atoms with Crippen LogP contribution in [0.3, 0.4) is 0 Å². The predicted octanol–water partition coefficient (Wildman–Crippen LogP) is 2.61. The van der Waals surface area contributed by atoms with Crippen molar-refractivity contribution in [3.63, 3.8) is 0 Å². The summed E-state index contributed by atoms with van der Waals surface area (Å²) in [6.45, 7) is 0. The summed E-state index contributed by atoms with van der Waals surface area (Å²) in [7, 11) is 1.44. The second-order valence-electron chi connectivity index (χ2n) is 5.98. The number of ether oxygens (including phenoxy) is 1. The summed E-state index contributed by atoms with van der Waals surface area (Å²) in [4.78, 5) is 22.5. The highest BCUT2D eigenvalue weighted by molar-refractivity contribution is 5.84. The first-order valence-electron chi connectivity index (χ1n) is 8.32. The minimum Gasteiger partial charge on any atom is -0.507 e. The molecule has 26 heavy (non-hydrogen) atoms. The average Bonchev–Trinajstić information content (AvgIpc) is 2.56. The Labute approximate surface area is 150 Å². The topological polar surface area (TPSA) is 117 Å². The number of unbranched alkanes of at least 4 members (excludes halogenated alkanes) is 2. The number of carbonyl (C=O) groups is 1. The number of aliphatic carboxylic acids is 1. The molecule has 1 aromatic heterocycles. The van der Waals surface area contributed by atoms with Crippen molar-refractivity contribution in [2.75, 3.05) is 7.11 Å². The van der Waals surface area contributed by atoms with Crippen LogP contribution in [0.4, 0.5) is 0 Å². The lowest BCUT2D eigenvalue weighted by atomic mass is 10.1. The molecule has 1 atom stereocenters. The van der Waals surface area contributed by atoms with Crippen LogP contribution in [0.15, 0.2) is 39.6 Å². The maximum Gasteiger partial charge on any atom is 0.327 e. The van der Waals surface area contributed by atoms with Crippen LogP contribution >= 0.6 is 0 Å². The maximum absolute atomic E-state index is 12.2. The molecule has 2 aromatic rings. The molecule has 1 aromatic carbocycles. The molecule has 7 heteroatoms. The molecular weight excluding hydrogens is 340 g/mol. The molecule has 7 nitrogen and oxygen atoms in total. The number of rotatable bonds is 9. The number of aliphatic hydroxyl groups excluding tert-OH is 1. The number of fused-ring (bicyclic) bond motifs is 1. The number of aliphatic hydroxyl groups is 1. The molecule has 0 aliphatic rings. The lowest BCUT2D eigenvalue weighted by Crippen LogP contribution is -2.12. The van der Waals surface area contributed by atoms with E-state index in [-0.39, 0.29) is 28.6 Å². The van der Waals surface area contributed by atoms with Gasteiger partial charge in [-0.05, 0) is 19.3 Å². The van der Waals surface area contributed by atoms with E-state index >= 15 is 0 Å². The van der Waals surface area contributed by atoms with E-state index in [1.807, 2.05) is 0 Å². The first-order valence-corrected chi connectivity index (χ1v) is 8.32. The lowest BCUT2D eigenvalue weighted by molar-refractivity contribution is -0.131. The molecule has 1 heterocycles. The molecule has 0 aliphatic heterocycles. The van der Waals surface area contributed by atoms with Gasteiger partial charge in [-0.15, -0.1) is 0 Å². The number of methoxy groups -OCH3 is 1. The highest BCUT2D eigenvalue weighted by Gasteiger charge is 2.14. The van der Waals surface area contributed by atoms with Crippen LogP contribution in [0, 0.1) is 0 Å². The number of carboxylic acid groups (broad SMARTS) is 1. The molecule has 0 aliphatic carbocycles. The number of aromatic hydroxyl groups is 1. The number of hydrogen-bond acceptors (Lipinski definition) is 6. The first kappa shape index (κ1) is 19.5. The van der Waals surface area contributed by atoms with Crippen molar-refractivity contribution in [3.05, 3.63) is 46.3 Å². The van der Waals surface area contributed by atoms with Crippen molar-refractivity contribution in [2.24, 2.45) is 0 Å². The van der Waals surface area contributed by atoms with Gasteiger partial charge in [0.25, 0.3) is 0 Å². The molecule has 3 N–H and O–H groups in total. The maximum atomic E-state index is 12.2. The summed E-state index contributed by atoms with van der Waals surface area (Å²) >= 11 is 0. The van der Waals surface area contributed by atoms with Gasteiger partial charge < -0.3 is 24.5 Å². The van der Waals surface area contributed by atoms with Crippen LogP contribution in [0.1, 0.15) is 31.4 Å². The summed E-state index contributed by atoms with van der Waals surface area (Å²) in [5.74, 6) is -0.493. The fourth-order valence-corrected chi connectivity index (χ4v) is 2.67. The number of phenolic OH excluding ortho intramolecular Hbond substituents is 1. The Morgan fingerprint density at radius 3 is 2.77 bits per heavy atom. The Morgan fingerprint density at radius 2 is 2.08 bits per heavy atom. The van der Waals surface area contributed by atoms with Gasteiger partial charge in [0.15, 0.2) is 5.43 Å². The number of carboxylic acids is 1. The van der Waals surface area contributed by atoms with E-state index in [4.69, 9.17) is 14.3 Å². The van der Waals surface area contributed by atoms with E-state index in [1.54, 1.807) is 6.08 Å². The zero-order chi connectivity index (χ0) is 19.1. The summed E-state index contributed by atoms with van der Waals surface area (Å²) in [6, 6.07) is 4.13. The highest BCUT2D eigenvalue weighted by Crippen LogP contribution is 2.28. The fraction of sp³-hybridized carbons (Fsp3) is 0.368. The van der Waals surface area contributed by atoms with Crippen LogP contribution in [0.5, 0.6) is 11.5 Å². The molecule has 0 amide bonds. The first-order chi connectivity index (χ1) is 12.4. The van der Waals surface area contributed by atoms with Gasteiger partial charge in [0.2, 0.25) is 0 Å². The van der Waals surface area contributed by atoms with Crippen molar-refractivity contribution in [1.29, 1.82) is 0 Å². The van der Waals surface area contributed by atoms with Crippen molar-refractivity contribution in [2.45, 2.75) is 38.2 Å². The Kier molecular flexibility index (Phi) is 6.80. The van der Waals surface area contributed by atoms with Gasteiger partial charge in [-0.2, -0.15) is 0 Å². The van der Waals surface area contributed by atoms with Crippen LogP contribution in [0.2, 0.25) is 0 Å². The summed E-state index contributed by atoms with van der Waals surface area (Å²) in [5.41, 5.74) is -0.178. The van der Waals surface area contributed by atoms with Gasteiger partial charge >= 0.3 is 5.97 Å².